The predicted molar refractivity (Wildman–Crippen MR) is 75.9 cm³/mol. The molecule has 0 fully saturated rings. The second kappa shape index (κ2) is 11.8. The van der Waals surface area contributed by atoms with Gasteiger partial charge < -0.3 is 13.3 Å². The molecule has 0 aliphatic rings. The van der Waals surface area contributed by atoms with Crippen molar-refractivity contribution in [3.8, 4) is 0 Å². The summed E-state index contributed by atoms with van der Waals surface area (Å²) in [7, 11) is -2.39. The summed E-state index contributed by atoms with van der Waals surface area (Å²) in [5, 5.41) is 0. The summed E-state index contributed by atoms with van der Waals surface area (Å²) in [5.41, 5.74) is 0. The van der Waals surface area contributed by atoms with Crippen LogP contribution in [0.25, 0.3) is 0 Å². The molecule has 16 heavy (non-hydrogen) atoms. The highest BCUT2D eigenvalue weighted by molar-refractivity contribution is 6.64. The van der Waals surface area contributed by atoms with E-state index in [1.54, 1.807) is 0 Å². The molecule has 0 aromatic rings. The quantitative estimate of drug-likeness (QED) is 0.663. The van der Waals surface area contributed by atoms with Crippen LogP contribution in [0.2, 0.25) is 26.2 Å². The SMILES string of the molecule is CCCO[SiH](C)C.CCO[Si](C)(C)OCC. The summed E-state index contributed by atoms with van der Waals surface area (Å²) >= 11 is 0. The number of hydrogen-bond acceptors (Lipinski definition) is 3. The van der Waals surface area contributed by atoms with Crippen LogP contribution in [0.3, 0.4) is 0 Å². The lowest BCUT2D eigenvalue weighted by Crippen LogP contribution is -2.34. The maximum absolute atomic E-state index is 5.39. The van der Waals surface area contributed by atoms with Gasteiger partial charge >= 0.3 is 8.56 Å². The van der Waals surface area contributed by atoms with Crippen LogP contribution in [0, 0.1) is 0 Å². The van der Waals surface area contributed by atoms with Crippen molar-refractivity contribution < 1.29 is 13.3 Å². The largest absolute Gasteiger partial charge is 0.421 e. The minimum absolute atomic E-state index is 0.688. The summed E-state index contributed by atoms with van der Waals surface area (Å²) in [6.45, 7) is 17.1. The molecule has 0 unspecified atom stereocenters. The first-order valence-electron chi connectivity index (χ1n) is 6.29. The van der Waals surface area contributed by atoms with Gasteiger partial charge in [0.05, 0.1) is 0 Å². The van der Waals surface area contributed by atoms with E-state index in [0.717, 1.165) is 26.2 Å². The average molecular weight is 267 g/mol. The second-order valence-corrected chi connectivity index (χ2v) is 9.99. The minimum atomic E-state index is -1.70. The van der Waals surface area contributed by atoms with Crippen molar-refractivity contribution in [2.45, 2.75) is 53.4 Å². The zero-order valence-electron chi connectivity index (χ0n) is 12.1. The fourth-order valence-electron chi connectivity index (χ4n) is 1.09. The fourth-order valence-corrected chi connectivity index (χ4v) is 3.27. The second-order valence-electron chi connectivity index (χ2n) is 4.19. The summed E-state index contributed by atoms with van der Waals surface area (Å²) in [5.74, 6) is 0. The molecule has 0 bridgehead atoms. The van der Waals surface area contributed by atoms with Crippen LogP contribution in [0.4, 0.5) is 0 Å². The van der Waals surface area contributed by atoms with E-state index >= 15 is 0 Å². The molecule has 0 saturated heterocycles. The van der Waals surface area contributed by atoms with E-state index in [0.29, 0.717) is 0 Å². The summed E-state index contributed by atoms with van der Waals surface area (Å²) in [4.78, 5) is 0. The Hall–Kier alpha value is 0.314. The molecule has 0 rings (SSSR count). The zero-order chi connectivity index (χ0) is 13.0. The van der Waals surface area contributed by atoms with Gasteiger partial charge in [0, 0.05) is 19.8 Å². The molecule has 0 radical (unpaired) electrons. The molecule has 5 heteroatoms. The summed E-state index contributed by atoms with van der Waals surface area (Å²) < 4.78 is 16.1. The molecular formula is C11H30O3Si2. The van der Waals surface area contributed by atoms with Gasteiger partial charge in [-0.3, -0.25) is 0 Å². The highest BCUT2D eigenvalue weighted by Crippen LogP contribution is 2.04. The molecular weight excluding hydrogens is 236 g/mol. The third kappa shape index (κ3) is 16.7. The van der Waals surface area contributed by atoms with Gasteiger partial charge in [0.2, 0.25) is 0 Å². The Kier molecular flexibility index (Phi) is 13.8. The van der Waals surface area contributed by atoms with Crippen LogP contribution in [0.1, 0.15) is 27.2 Å². The molecule has 100 valence electrons. The van der Waals surface area contributed by atoms with Crippen molar-refractivity contribution in [3.05, 3.63) is 0 Å². The van der Waals surface area contributed by atoms with Crippen molar-refractivity contribution in [2.75, 3.05) is 19.8 Å². The normalized spacial score (nSPS) is 11.2. The van der Waals surface area contributed by atoms with Gasteiger partial charge in [-0.1, -0.05) is 6.92 Å². The molecule has 0 aliphatic heterocycles. The molecule has 0 saturated carbocycles. The molecule has 0 aromatic carbocycles. The van der Waals surface area contributed by atoms with E-state index < -0.39 is 17.6 Å². The van der Waals surface area contributed by atoms with E-state index in [1.165, 1.54) is 0 Å². The first-order chi connectivity index (χ1) is 7.39. The first-order valence-corrected chi connectivity index (χ1v) is 11.9. The predicted octanol–water partition coefficient (Wildman–Crippen LogP) is 3.16. The van der Waals surface area contributed by atoms with Gasteiger partial charge in [0.25, 0.3) is 0 Å². The Morgan fingerprint density at radius 1 is 0.938 bits per heavy atom. The molecule has 0 amide bonds. The van der Waals surface area contributed by atoms with Gasteiger partial charge in [0.1, 0.15) is 0 Å². The van der Waals surface area contributed by atoms with Crippen LogP contribution in [-0.2, 0) is 13.3 Å². The van der Waals surface area contributed by atoms with Crippen molar-refractivity contribution in [3.63, 3.8) is 0 Å². The number of rotatable bonds is 7. The van der Waals surface area contributed by atoms with Crippen LogP contribution < -0.4 is 0 Å². The van der Waals surface area contributed by atoms with Gasteiger partial charge in [0.15, 0.2) is 9.04 Å². The van der Waals surface area contributed by atoms with Crippen molar-refractivity contribution in [1.29, 1.82) is 0 Å². The molecule has 3 nitrogen and oxygen atoms in total. The topological polar surface area (TPSA) is 27.7 Å². The third-order valence-electron chi connectivity index (χ3n) is 1.64. The molecule has 0 heterocycles. The smallest absolute Gasteiger partial charge is 0.331 e. The average Bonchev–Trinajstić information content (AvgIpc) is 2.15. The molecule has 0 aliphatic carbocycles. The Morgan fingerprint density at radius 3 is 1.56 bits per heavy atom. The van der Waals surface area contributed by atoms with E-state index in [2.05, 4.69) is 33.1 Å². The zero-order valence-corrected chi connectivity index (χ0v) is 14.3. The lowest BCUT2D eigenvalue weighted by atomic mass is 10.5. The Morgan fingerprint density at radius 2 is 1.38 bits per heavy atom. The molecule has 0 atom stereocenters. The van der Waals surface area contributed by atoms with Gasteiger partial charge in [-0.15, -0.1) is 0 Å². The highest BCUT2D eigenvalue weighted by atomic mass is 28.4. The van der Waals surface area contributed by atoms with Crippen LogP contribution >= 0.6 is 0 Å². The fraction of sp³-hybridized carbons (Fsp3) is 1.00. The van der Waals surface area contributed by atoms with Gasteiger partial charge in [-0.2, -0.15) is 0 Å². The van der Waals surface area contributed by atoms with Crippen LogP contribution in [-0.4, -0.2) is 37.4 Å². The minimum Gasteiger partial charge on any atom is -0.421 e. The van der Waals surface area contributed by atoms with Gasteiger partial charge in [-0.25, -0.2) is 0 Å². The maximum Gasteiger partial charge on any atom is 0.331 e. The van der Waals surface area contributed by atoms with E-state index in [9.17, 15) is 0 Å². The van der Waals surface area contributed by atoms with E-state index in [1.807, 2.05) is 13.8 Å². The first kappa shape index (κ1) is 18.7. The molecule has 0 aromatic heterocycles. The van der Waals surface area contributed by atoms with Crippen LogP contribution in [0.15, 0.2) is 0 Å². The van der Waals surface area contributed by atoms with E-state index in [-0.39, 0.29) is 0 Å². The highest BCUT2D eigenvalue weighted by Gasteiger charge is 2.22. The number of hydrogen-bond donors (Lipinski definition) is 0. The van der Waals surface area contributed by atoms with Crippen molar-refractivity contribution >= 4 is 17.6 Å². The summed E-state index contributed by atoms with van der Waals surface area (Å²) in [6, 6.07) is 0. The van der Waals surface area contributed by atoms with Gasteiger partial charge in [-0.05, 0) is 46.5 Å². The van der Waals surface area contributed by atoms with Crippen LogP contribution in [0.5, 0.6) is 0 Å². The lowest BCUT2D eigenvalue weighted by Gasteiger charge is -2.20. The molecule has 0 N–H and O–H groups in total. The lowest BCUT2D eigenvalue weighted by molar-refractivity contribution is 0.196. The van der Waals surface area contributed by atoms with Crippen molar-refractivity contribution in [1.82, 2.24) is 0 Å². The monoisotopic (exact) mass is 266 g/mol. The Balaban J connectivity index is 0. The summed E-state index contributed by atoms with van der Waals surface area (Å²) in [6.07, 6.45) is 1.16. The van der Waals surface area contributed by atoms with E-state index in [4.69, 9.17) is 13.3 Å². The molecule has 0 spiro atoms. The maximum atomic E-state index is 5.39. The van der Waals surface area contributed by atoms with Crippen molar-refractivity contribution in [2.24, 2.45) is 0 Å². The Bertz CT molecular complexity index is 133. The standard InChI is InChI=1S/C6H16O2Si.C5H14OSi/c1-5-7-9(3,4)8-6-2;1-4-5-6-7(2)3/h5-6H2,1-4H3;7H,4-5H2,1-3H3. The Labute approximate surface area is 104 Å². The third-order valence-corrected chi connectivity index (χ3v) is 4.51.